The Morgan fingerprint density at radius 2 is 1.58 bits per heavy atom. The number of aromatic nitrogens is 2. The second-order valence-electron chi connectivity index (χ2n) is 6.13. The summed E-state index contributed by atoms with van der Waals surface area (Å²) in [5, 5.41) is 7.05. The van der Waals surface area contributed by atoms with Gasteiger partial charge in [-0.25, -0.2) is 4.98 Å². The summed E-state index contributed by atoms with van der Waals surface area (Å²) in [5.74, 6) is 0.103. The molecular weight excluding hydrogens is 296 g/mol. The fourth-order valence-electron chi connectivity index (χ4n) is 3.61. The largest absolute Gasteiger partial charge is 0.330 e. The van der Waals surface area contributed by atoms with Gasteiger partial charge in [-0.05, 0) is 32.3 Å². The zero-order valence-corrected chi connectivity index (χ0v) is 12.9. The molecule has 0 unspecified atom stereocenters. The van der Waals surface area contributed by atoms with Crippen molar-refractivity contribution in [3.63, 3.8) is 0 Å². The van der Waals surface area contributed by atoms with Crippen LogP contribution < -0.4 is 0 Å². The van der Waals surface area contributed by atoms with Crippen molar-refractivity contribution in [1.82, 2.24) is 9.55 Å². The molecular formula is C21H14N2O. The number of Topliss-reactive ketones (excluding diaryl/α,β-unsaturated/α-hetero) is 1. The molecule has 0 saturated heterocycles. The minimum Gasteiger partial charge on any atom is -0.330 e. The van der Waals surface area contributed by atoms with Crippen molar-refractivity contribution in [2.45, 2.75) is 6.54 Å². The van der Waals surface area contributed by atoms with E-state index in [0.717, 1.165) is 10.9 Å². The number of imidazole rings is 1. The van der Waals surface area contributed by atoms with Crippen molar-refractivity contribution < 1.29 is 4.79 Å². The van der Waals surface area contributed by atoms with Gasteiger partial charge < -0.3 is 4.57 Å². The van der Waals surface area contributed by atoms with Gasteiger partial charge in [0.15, 0.2) is 5.78 Å². The summed E-state index contributed by atoms with van der Waals surface area (Å²) < 4.78 is 1.81. The lowest BCUT2D eigenvalue weighted by Crippen LogP contribution is -2.09. The summed E-state index contributed by atoms with van der Waals surface area (Å²) in [4.78, 5) is 16.8. The highest BCUT2D eigenvalue weighted by atomic mass is 16.1. The molecule has 3 heteroatoms. The van der Waals surface area contributed by atoms with Crippen molar-refractivity contribution in [3.05, 3.63) is 78.9 Å². The van der Waals surface area contributed by atoms with E-state index in [-0.39, 0.29) is 5.78 Å². The summed E-state index contributed by atoms with van der Waals surface area (Å²) >= 11 is 0. The van der Waals surface area contributed by atoms with Crippen LogP contribution in [0.15, 0.2) is 73.3 Å². The van der Waals surface area contributed by atoms with Gasteiger partial charge in [-0.15, -0.1) is 0 Å². The lowest BCUT2D eigenvalue weighted by Gasteiger charge is -2.13. The quantitative estimate of drug-likeness (QED) is 0.359. The topological polar surface area (TPSA) is 34.9 Å². The van der Waals surface area contributed by atoms with E-state index in [4.69, 9.17) is 0 Å². The smallest absolute Gasteiger partial charge is 0.183 e. The zero-order chi connectivity index (χ0) is 16.1. The molecule has 0 fully saturated rings. The molecule has 114 valence electrons. The molecule has 0 bridgehead atoms. The van der Waals surface area contributed by atoms with Crippen LogP contribution in [0.2, 0.25) is 0 Å². The number of carbonyl (C=O) groups excluding carboxylic acids is 1. The first kappa shape index (κ1) is 13.3. The van der Waals surface area contributed by atoms with Crippen LogP contribution in [-0.4, -0.2) is 15.3 Å². The fraction of sp³-hybridized carbons (Fsp3) is 0.0476. The molecule has 0 aliphatic heterocycles. The monoisotopic (exact) mass is 310 g/mol. The molecule has 1 aromatic heterocycles. The van der Waals surface area contributed by atoms with Crippen LogP contribution in [0.4, 0.5) is 0 Å². The van der Waals surface area contributed by atoms with E-state index in [0.29, 0.717) is 6.54 Å². The van der Waals surface area contributed by atoms with Crippen LogP contribution in [0.5, 0.6) is 0 Å². The van der Waals surface area contributed by atoms with Gasteiger partial charge in [-0.3, -0.25) is 4.79 Å². The Kier molecular flexibility index (Phi) is 2.71. The molecule has 3 nitrogen and oxygen atoms in total. The number of carbonyl (C=O) groups is 1. The van der Waals surface area contributed by atoms with Crippen molar-refractivity contribution in [2.75, 3.05) is 0 Å². The van der Waals surface area contributed by atoms with Crippen molar-refractivity contribution in [1.29, 1.82) is 0 Å². The van der Waals surface area contributed by atoms with E-state index in [2.05, 4.69) is 53.5 Å². The second-order valence-corrected chi connectivity index (χ2v) is 6.13. The second kappa shape index (κ2) is 4.90. The van der Waals surface area contributed by atoms with E-state index in [1.54, 1.807) is 17.1 Å². The van der Waals surface area contributed by atoms with Crippen molar-refractivity contribution >= 4 is 38.1 Å². The first-order chi connectivity index (χ1) is 11.8. The van der Waals surface area contributed by atoms with Crippen LogP contribution in [0.3, 0.4) is 0 Å². The van der Waals surface area contributed by atoms with Gasteiger partial charge >= 0.3 is 0 Å². The minimum absolute atomic E-state index is 0.103. The zero-order valence-electron chi connectivity index (χ0n) is 12.9. The van der Waals surface area contributed by atoms with Crippen molar-refractivity contribution in [2.24, 2.45) is 0 Å². The van der Waals surface area contributed by atoms with Crippen LogP contribution >= 0.6 is 0 Å². The Balaban J connectivity index is 1.79. The Morgan fingerprint density at radius 1 is 0.875 bits per heavy atom. The highest BCUT2D eigenvalue weighted by molar-refractivity contribution is 6.26. The van der Waals surface area contributed by atoms with E-state index in [9.17, 15) is 4.79 Å². The number of ketones is 1. The van der Waals surface area contributed by atoms with Crippen LogP contribution in [0, 0.1) is 0 Å². The molecule has 0 N–H and O–H groups in total. The molecule has 0 radical (unpaired) electrons. The number of hydrogen-bond acceptors (Lipinski definition) is 2. The van der Waals surface area contributed by atoms with E-state index >= 15 is 0 Å². The maximum atomic E-state index is 12.8. The highest BCUT2D eigenvalue weighted by Crippen LogP contribution is 2.36. The molecule has 0 aliphatic carbocycles. The number of benzene rings is 4. The third-order valence-electron chi connectivity index (χ3n) is 4.71. The van der Waals surface area contributed by atoms with Gasteiger partial charge in [0.05, 0.1) is 12.9 Å². The Hall–Kier alpha value is -3.20. The Bertz CT molecular complexity index is 1170. The van der Waals surface area contributed by atoms with Gasteiger partial charge in [0.25, 0.3) is 0 Å². The molecule has 0 saturated carbocycles. The summed E-state index contributed by atoms with van der Waals surface area (Å²) in [5.41, 5.74) is 0.773. The van der Waals surface area contributed by atoms with Crippen molar-refractivity contribution in [3.8, 4) is 0 Å². The maximum Gasteiger partial charge on any atom is 0.183 e. The molecule has 0 spiro atoms. The summed E-state index contributed by atoms with van der Waals surface area (Å²) in [6.45, 7) is 0.309. The van der Waals surface area contributed by atoms with Crippen LogP contribution in [0.25, 0.3) is 32.3 Å². The number of nitrogens with zero attached hydrogens (tertiary/aromatic N) is 2. The van der Waals surface area contributed by atoms with Crippen LogP contribution in [-0.2, 0) is 6.54 Å². The normalized spacial score (nSPS) is 11.7. The van der Waals surface area contributed by atoms with E-state index in [1.807, 2.05) is 12.3 Å². The molecule has 5 rings (SSSR count). The predicted molar refractivity (Wildman–Crippen MR) is 96.7 cm³/mol. The molecule has 1 heterocycles. The summed E-state index contributed by atoms with van der Waals surface area (Å²) in [6.07, 6.45) is 5.18. The maximum absolute atomic E-state index is 12.8. The molecule has 5 aromatic rings. The average molecular weight is 310 g/mol. The Labute approximate surface area is 138 Å². The molecule has 4 aromatic carbocycles. The fourth-order valence-corrected chi connectivity index (χ4v) is 3.61. The summed E-state index contributed by atoms with van der Waals surface area (Å²) in [7, 11) is 0. The minimum atomic E-state index is 0.103. The lowest BCUT2D eigenvalue weighted by atomic mass is 9.91. The SMILES string of the molecule is O=C(Cn1ccnc1)c1ccc2ccc3cccc4ccc1c2c34. The number of hydrogen-bond donors (Lipinski definition) is 0. The molecule has 0 amide bonds. The van der Waals surface area contributed by atoms with Gasteiger partial charge in [-0.1, -0.05) is 54.6 Å². The third kappa shape index (κ3) is 1.85. The molecule has 0 atom stereocenters. The molecule has 0 aliphatic rings. The first-order valence-electron chi connectivity index (χ1n) is 7.97. The number of rotatable bonds is 3. The van der Waals surface area contributed by atoms with E-state index in [1.165, 1.54) is 26.9 Å². The van der Waals surface area contributed by atoms with Gasteiger partial charge in [0.1, 0.15) is 0 Å². The van der Waals surface area contributed by atoms with Crippen LogP contribution in [0.1, 0.15) is 10.4 Å². The van der Waals surface area contributed by atoms with Gasteiger partial charge in [-0.2, -0.15) is 0 Å². The average Bonchev–Trinajstić information content (AvgIpc) is 3.12. The van der Waals surface area contributed by atoms with E-state index < -0.39 is 0 Å². The third-order valence-corrected chi connectivity index (χ3v) is 4.71. The predicted octanol–water partition coefficient (Wildman–Crippen LogP) is 4.66. The standard InChI is InChI=1S/C21H14N2O/c24-19(12-23-11-10-22-13-23)17-8-6-16-5-4-14-2-1-3-15-7-9-18(17)21(16)20(14)15/h1-11,13H,12H2. The first-order valence-corrected chi connectivity index (χ1v) is 7.97. The van der Waals surface area contributed by atoms with Gasteiger partial charge in [0.2, 0.25) is 0 Å². The molecule has 24 heavy (non-hydrogen) atoms. The van der Waals surface area contributed by atoms with Gasteiger partial charge in [0, 0.05) is 18.0 Å². The summed E-state index contributed by atoms with van der Waals surface area (Å²) in [6, 6.07) is 18.8. The Morgan fingerprint density at radius 3 is 2.33 bits per heavy atom. The lowest BCUT2D eigenvalue weighted by molar-refractivity contribution is 0.0974. The highest BCUT2D eigenvalue weighted by Gasteiger charge is 2.15.